The number of hydrogen-bond acceptors (Lipinski definition) is 3. The summed E-state index contributed by atoms with van der Waals surface area (Å²) in [7, 11) is 0. The Morgan fingerprint density at radius 2 is 1.61 bits per heavy atom. The van der Waals surface area contributed by atoms with E-state index in [2.05, 4.69) is 0 Å². The SMILES string of the molecule is NCc1ccc(N2CC(c3cc(Cl)c(Cl)c(Cl)c3)(C(F)(F)F)OC2=O)cc1C(F)(F)F. The zero-order valence-electron chi connectivity index (χ0n) is 15.0. The molecule has 0 aromatic heterocycles. The molecule has 13 heteroatoms. The largest absolute Gasteiger partial charge is 0.434 e. The van der Waals surface area contributed by atoms with Crippen LogP contribution >= 0.6 is 34.8 Å². The van der Waals surface area contributed by atoms with Crippen LogP contribution in [-0.4, -0.2) is 18.8 Å². The molecule has 1 aliphatic heterocycles. The first-order chi connectivity index (χ1) is 14.2. The van der Waals surface area contributed by atoms with Crippen LogP contribution in [-0.2, 0) is 23.1 Å². The summed E-state index contributed by atoms with van der Waals surface area (Å²) in [6.45, 7) is -1.64. The van der Waals surface area contributed by atoms with Crippen molar-refractivity contribution in [1.82, 2.24) is 0 Å². The minimum Gasteiger partial charge on any atom is -0.426 e. The van der Waals surface area contributed by atoms with Crippen molar-refractivity contribution in [2.45, 2.75) is 24.5 Å². The second-order valence-electron chi connectivity index (χ2n) is 6.58. The maximum atomic E-state index is 14.1. The molecular weight excluding hydrogens is 497 g/mol. The molecule has 0 radical (unpaired) electrons. The number of rotatable bonds is 3. The molecule has 4 nitrogen and oxygen atoms in total. The van der Waals surface area contributed by atoms with E-state index in [-0.39, 0.29) is 20.6 Å². The maximum absolute atomic E-state index is 14.1. The van der Waals surface area contributed by atoms with Crippen LogP contribution in [0.5, 0.6) is 0 Å². The number of benzene rings is 2. The van der Waals surface area contributed by atoms with E-state index < -0.39 is 54.0 Å². The first kappa shape index (κ1) is 23.8. The fourth-order valence-electron chi connectivity index (χ4n) is 3.14. The van der Waals surface area contributed by atoms with Gasteiger partial charge in [0, 0.05) is 17.8 Å². The average Bonchev–Trinajstić information content (AvgIpc) is 3.03. The number of carbonyl (C=O) groups is 1. The Morgan fingerprint density at radius 1 is 1.03 bits per heavy atom. The quantitative estimate of drug-likeness (QED) is 0.379. The maximum Gasteiger partial charge on any atom is 0.434 e. The van der Waals surface area contributed by atoms with Crippen molar-refractivity contribution in [1.29, 1.82) is 0 Å². The van der Waals surface area contributed by atoms with Gasteiger partial charge in [-0.2, -0.15) is 26.3 Å². The molecule has 1 fully saturated rings. The molecule has 1 aliphatic rings. The smallest absolute Gasteiger partial charge is 0.426 e. The lowest BCUT2D eigenvalue weighted by atomic mass is 9.92. The zero-order chi connectivity index (χ0) is 23.4. The lowest BCUT2D eigenvalue weighted by Crippen LogP contribution is -2.46. The minimum atomic E-state index is -5.16. The third kappa shape index (κ3) is 4.13. The molecule has 168 valence electrons. The Bertz CT molecular complexity index is 1020. The van der Waals surface area contributed by atoms with Crippen molar-refractivity contribution in [3.63, 3.8) is 0 Å². The van der Waals surface area contributed by atoms with Gasteiger partial charge in [-0.05, 0) is 29.8 Å². The number of anilines is 1. The van der Waals surface area contributed by atoms with Gasteiger partial charge in [0.25, 0.3) is 5.60 Å². The van der Waals surface area contributed by atoms with Crippen molar-refractivity contribution in [2.24, 2.45) is 5.73 Å². The van der Waals surface area contributed by atoms with Crippen molar-refractivity contribution in [3.05, 3.63) is 62.1 Å². The topological polar surface area (TPSA) is 55.6 Å². The number of halogens is 9. The van der Waals surface area contributed by atoms with Gasteiger partial charge in [-0.25, -0.2) is 4.79 Å². The first-order valence-corrected chi connectivity index (χ1v) is 9.47. The van der Waals surface area contributed by atoms with Crippen molar-refractivity contribution in [2.75, 3.05) is 11.4 Å². The van der Waals surface area contributed by atoms with Crippen LogP contribution in [0.15, 0.2) is 30.3 Å². The lowest BCUT2D eigenvalue weighted by Gasteiger charge is -2.30. The Kier molecular flexibility index (Phi) is 6.07. The Balaban J connectivity index is 2.13. The van der Waals surface area contributed by atoms with E-state index in [9.17, 15) is 31.1 Å². The predicted octanol–water partition coefficient (Wildman–Crippen LogP) is 6.54. The van der Waals surface area contributed by atoms with E-state index in [0.29, 0.717) is 11.0 Å². The molecule has 31 heavy (non-hydrogen) atoms. The standard InChI is InChI=1S/C18H11Cl3F6N2O2/c19-12-3-9(4-13(20)14(12)21)16(18(25,26)27)7-29(15(30)31-16)10-2-1-8(6-28)11(5-10)17(22,23)24/h1-5H,6-7,28H2. The minimum absolute atomic E-state index is 0.210. The van der Waals surface area contributed by atoms with E-state index in [1.54, 1.807) is 0 Å². The molecule has 0 saturated carbocycles. The van der Waals surface area contributed by atoms with Crippen LogP contribution in [0.3, 0.4) is 0 Å². The van der Waals surface area contributed by atoms with Gasteiger partial charge >= 0.3 is 18.4 Å². The molecule has 2 aromatic carbocycles. The fraction of sp³-hybridized carbons (Fsp3) is 0.278. The summed E-state index contributed by atoms with van der Waals surface area (Å²) in [4.78, 5) is 12.8. The second kappa shape index (κ2) is 7.91. The number of nitrogens with two attached hydrogens (primary N) is 1. The van der Waals surface area contributed by atoms with Gasteiger partial charge in [-0.3, -0.25) is 4.90 Å². The molecule has 1 heterocycles. The molecule has 1 amide bonds. The Hall–Kier alpha value is -1.88. The van der Waals surface area contributed by atoms with Crippen LogP contribution in [0.25, 0.3) is 0 Å². The lowest BCUT2D eigenvalue weighted by molar-refractivity contribution is -0.250. The molecule has 0 bridgehead atoms. The highest BCUT2D eigenvalue weighted by molar-refractivity contribution is 6.48. The Morgan fingerprint density at radius 3 is 2.10 bits per heavy atom. The van der Waals surface area contributed by atoms with Crippen LogP contribution in [0.2, 0.25) is 15.1 Å². The van der Waals surface area contributed by atoms with Gasteiger partial charge in [0.1, 0.15) is 0 Å². The van der Waals surface area contributed by atoms with E-state index in [0.717, 1.165) is 24.3 Å². The molecule has 0 spiro atoms. The van der Waals surface area contributed by atoms with Gasteiger partial charge < -0.3 is 10.5 Å². The summed E-state index contributed by atoms with van der Waals surface area (Å²) in [5.41, 5.74) is -0.493. The predicted molar refractivity (Wildman–Crippen MR) is 102 cm³/mol. The van der Waals surface area contributed by atoms with Crippen LogP contribution in [0, 0.1) is 0 Å². The number of nitrogens with zero attached hydrogens (tertiary/aromatic N) is 1. The Labute approximate surface area is 186 Å². The van der Waals surface area contributed by atoms with Gasteiger partial charge in [-0.1, -0.05) is 40.9 Å². The number of alkyl halides is 6. The van der Waals surface area contributed by atoms with E-state index >= 15 is 0 Å². The normalized spacial score (nSPS) is 19.7. The van der Waals surface area contributed by atoms with Crippen LogP contribution < -0.4 is 10.6 Å². The van der Waals surface area contributed by atoms with Gasteiger partial charge in [0.05, 0.1) is 27.2 Å². The van der Waals surface area contributed by atoms with E-state index in [1.807, 2.05) is 0 Å². The molecule has 2 aromatic rings. The molecule has 1 unspecified atom stereocenters. The molecule has 3 rings (SSSR count). The van der Waals surface area contributed by atoms with Crippen molar-refractivity contribution >= 4 is 46.6 Å². The molecule has 1 saturated heterocycles. The first-order valence-electron chi connectivity index (χ1n) is 8.33. The molecule has 0 aliphatic carbocycles. The van der Waals surface area contributed by atoms with Gasteiger partial charge in [0.15, 0.2) is 0 Å². The van der Waals surface area contributed by atoms with Crippen LogP contribution in [0.4, 0.5) is 36.8 Å². The number of cyclic esters (lactones) is 1. The number of carbonyl (C=O) groups excluding carboxylic acids is 1. The van der Waals surface area contributed by atoms with Gasteiger partial charge in [0.2, 0.25) is 0 Å². The molecule has 1 atom stereocenters. The van der Waals surface area contributed by atoms with Crippen LogP contribution in [0.1, 0.15) is 16.7 Å². The highest BCUT2D eigenvalue weighted by Gasteiger charge is 2.65. The highest BCUT2D eigenvalue weighted by atomic mass is 35.5. The summed E-state index contributed by atoms with van der Waals surface area (Å²) in [6, 6.07) is 4.23. The third-order valence-corrected chi connectivity index (χ3v) is 5.90. The third-order valence-electron chi connectivity index (χ3n) is 4.70. The molecular formula is C18H11Cl3F6N2O2. The van der Waals surface area contributed by atoms with Crippen molar-refractivity contribution in [3.8, 4) is 0 Å². The highest BCUT2D eigenvalue weighted by Crippen LogP contribution is 2.50. The fourth-order valence-corrected chi connectivity index (χ4v) is 3.74. The van der Waals surface area contributed by atoms with E-state index in [4.69, 9.17) is 45.3 Å². The summed E-state index contributed by atoms with van der Waals surface area (Å²) in [6.07, 6.45) is -11.5. The number of hydrogen-bond donors (Lipinski definition) is 1. The van der Waals surface area contributed by atoms with Gasteiger partial charge in [-0.15, -0.1) is 0 Å². The van der Waals surface area contributed by atoms with Crippen molar-refractivity contribution < 1.29 is 35.9 Å². The zero-order valence-corrected chi connectivity index (χ0v) is 17.3. The summed E-state index contributed by atoms with van der Waals surface area (Å²) in [5.74, 6) is 0. The second-order valence-corrected chi connectivity index (χ2v) is 7.77. The summed E-state index contributed by atoms with van der Waals surface area (Å²) in [5, 5.41) is -0.860. The average molecular weight is 508 g/mol. The summed E-state index contributed by atoms with van der Waals surface area (Å²) < 4.78 is 86.9. The molecule has 2 N–H and O–H groups in total. The number of amides is 1. The van der Waals surface area contributed by atoms with E-state index in [1.165, 1.54) is 0 Å². The number of ether oxygens (including phenoxy) is 1. The summed E-state index contributed by atoms with van der Waals surface area (Å²) >= 11 is 17.4. The monoisotopic (exact) mass is 506 g/mol.